The summed E-state index contributed by atoms with van der Waals surface area (Å²) < 4.78 is 4.90. The van der Waals surface area contributed by atoms with Crippen LogP contribution in [0.25, 0.3) is 0 Å². The van der Waals surface area contributed by atoms with E-state index in [1.807, 2.05) is 6.07 Å². The zero-order valence-electron chi connectivity index (χ0n) is 7.40. The second kappa shape index (κ2) is 5.18. The molecule has 1 rings (SSSR count). The number of benzene rings is 1. The Morgan fingerprint density at radius 3 is 2.64 bits per heavy atom. The van der Waals surface area contributed by atoms with Gasteiger partial charge in [-0.15, -0.1) is 0 Å². The van der Waals surface area contributed by atoms with E-state index in [-0.39, 0.29) is 11.5 Å². The van der Waals surface area contributed by atoms with Gasteiger partial charge in [-0.2, -0.15) is 0 Å². The van der Waals surface area contributed by atoms with Gasteiger partial charge < -0.3 is 15.8 Å². The van der Waals surface area contributed by atoms with E-state index in [4.69, 9.17) is 10.5 Å². The van der Waals surface area contributed by atoms with Gasteiger partial charge in [0.25, 0.3) is 0 Å². The zero-order valence-corrected chi connectivity index (χ0v) is 8.21. The second-order valence-corrected chi connectivity index (χ2v) is 3.05. The first-order valence-corrected chi connectivity index (χ1v) is 4.38. The maximum Gasteiger partial charge on any atom is 0.412 e. The molecule has 1 amide bonds. The summed E-state index contributed by atoms with van der Waals surface area (Å²) in [6.45, 7) is 0.140. The van der Waals surface area contributed by atoms with Crippen molar-refractivity contribution in [2.75, 3.05) is 6.54 Å². The highest BCUT2D eigenvalue weighted by Crippen LogP contribution is 2.07. The van der Waals surface area contributed by atoms with Crippen molar-refractivity contribution in [1.29, 1.82) is 0 Å². The smallest absolute Gasteiger partial charge is 0.410 e. The number of para-hydroxylation sites is 1. The van der Waals surface area contributed by atoms with E-state index in [0.717, 1.165) is 0 Å². The van der Waals surface area contributed by atoms with E-state index in [1.165, 1.54) is 0 Å². The first kappa shape index (κ1) is 10.5. The third-order valence-electron chi connectivity index (χ3n) is 1.36. The maximum atomic E-state index is 11.1. The number of nitrogens with two attached hydrogens (primary N) is 1. The Morgan fingerprint density at radius 2 is 2.07 bits per heavy atom. The quantitative estimate of drug-likeness (QED) is 0.732. The molecule has 0 aliphatic heterocycles. The molecule has 3 N–H and O–H groups in total. The average molecular weight is 210 g/mol. The molecule has 14 heavy (non-hydrogen) atoms. The van der Waals surface area contributed by atoms with Gasteiger partial charge in [0.2, 0.25) is 0 Å². The summed E-state index contributed by atoms with van der Waals surface area (Å²) in [6.07, 6.45) is -0.566. The molecule has 0 radical (unpaired) electrons. The van der Waals surface area contributed by atoms with Crippen molar-refractivity contribution in [3.63, 3.8) is 0 Å². The molecule has 0 aliphatic rings. The molecule has 0 bridgehead atoms. The van der Waals surface area contributed by atoms with Crippen LogP contribution in [0.15, 0.2) is 30.3 Å². The Labute approximate surface area is 87.0 Å². The first-order valence-electron chi connectivity index (χ1n) is 3.97. The SMILES string of the molecule is NC(=S)CNC(=O)Oc1ccccc1. The lowest BCUT2D eigenvalue weighted by Gasteiger charge is -2.04. The summed E-state index contributed by atoms with van der Waals surface area (Å²) in [5, 5.41) is 2.40. The van der Waals surface area contributed by atoms with E-state index in [1.54, 1.807) is 24.3 Å². The van der Waals surface area contributed by atoms with Gasteiger partial charge in [0.05, 0.1) is 11.5 Å². The third kappa shape index (κ3) is 3.86. The van der Waals surface area contributed by atoms with Crippen LogP contribution in [0.4, 0.5) is 4.79 Å². The van der Waals surface area contributed by atoms with Gasteiger partial charge in [-0.25, -0.2) is 4.79 Å². The van der Waals surface area contributed by atoms with E-state index in [2.05, 4.69) is 17.5 Å². The van der Waals surface area contributed by atoms with Crippen LogP contribution in [0.1, 0.15) is 0 Å². The van der Waals surface area contributed by atoms with Crippen LogP contribution in [0.5, 0.6) is 5.75 Å². The molecule has 74 valence electrons. The minimum atomic E-state index is -0.566. The summed E-state index contributed by atoms with van der Waals surface area (Å²) in [6, 6.07) is 8.74. The standard InChI is InChI=1S/C9H10N2O2S/c10-8(14)6-11-9(12)13-7-4-2-1-3-5-7/h1-5H,6H2,(H2,10,14)(H,11,12). The van der Waals surface area contributed by atoms with Gasteiger partial charge in [0.15, 0.2) is 0 Å². The maximum absolute atomic E-state index is 11.1. The van der Waals surface area contributed by atoms with E-state index < -0.39 is 6.09 Å². The van der Waals surface area contributed by atoms with Crippen LogP contribution in [-0.4, -0.2) is 17.6 Å². The highest BCUT2D eigenvalue weighted by atomic mass is 32.1. The predicted molar refractivity (Wildman–Crippen MR) is 57.3 cm³/mol. The monoisotopic (exact) mass is 210 g/mol. The third-order valence-corrected chi connectivity index (χ3v) is 1.51. The molecule has 4 nitrogen and oxygen atoms in total. The lowest BCUT2D eigenvalue weighted by atomic mass is 10.3. The lowest BCUT2D eigenvalue weighted by molar-refractivity contribution is 0.202. The first-order chi connectivity index (χ1) is 6.68. The topological polar surface area (TPSA) is 64.3 Å². The number of nitrogens with one attached hydrogen (secondary N) is 1. The summed E-state index contributed by atoms with van der Waals surface area (Å²) in [7, 11) is 0. The number of hydrogen-bond acceptors (Lipinski definition) is 3. The van der Waals surface area contributed by atoms with Crippen LogP contribution >= 0.6 is 12.2 Å². The normalized spacial score (nSPS) is 9.14. The average Bonchev–Trinajstić information content (AvgIpc) is 2.16. The van der Waals surface area contributed by atoms with Crippen LogP contribution in [0.3, 0.4) is 0 Å². The van der Waals surface area contributed by atoms with Crippen molar-refractivity contribution in [3.05, 3.63) is 30.3 Å². The summed E-state index contributed by atoms with van der Waals surface area (Å²) in [5.41, 5.74) is 5.20. The molecular weight excluding hydrogens is 200 g/mol. The fourth-order valence-corrected chi connectivity index (χ4v) is 0.863. The molecular formula is C9H10N2O2S. The van der Waals surface area contributed by atoms with E-state index >= 15 is 0 Å². The van der Waals surface area contributed by atoms with Crippen molar-refractivity contribution in [2.45, 2.75) is 0 Å². The summed E-state index contributed by atoms with van der Waals surface area (Å²) in [5.74, 6) is 0.480. The molecule has 0 aliphatic carbocycles. The van der Waals surface area contributed by atoms with Crippen molar-refractivity contribution < 1.29 is 9.53 Å². The van der Waals surface area contributed by atoms with Gasteiger partial charge in [0.1, 0.15) is 5.75 Å². The van der Waals surface area contributed by atoms with E-state index in [0.29, 0.717) is 5.75 Å². The van der Waals surface area contributed by atoms with Crippen LogP contribution in [0.2, 0.25) is 0 Å². The molecule has 0 spiro atoms. The Hall–Kier alpha value is -1.62. The molecule has 1 aromatic carbocycles. The molecule has 0 atom stereocenters. The zero-order chi connectivity index (χ0) is 10.4. The minimum absolute atomic E-state index is 0.140. The summed E-state index contributed by atoms with van der Waals surface area (Å²) in [4.78, 5) is 11.3. The number of rotatable bonds is 3. The Kier molecular flexibility index (Phi) is 3.87. The molecule has 0 saturated heterocycles. The summed E-state index contributed by atoms with van der Waals surface area (Å²) >= 11 is 4.59. The number of carbonyl (C=O) groups is 1. The predicted octanol–water partition coefficient (Wildman–Crippen LogP) is 1.06. The highest BCUT2D eigenvalue weighted by molar-refractivity contribution is 7.80. The van der Waals surface area contributed by atoms with Gasteiger partial charge in [-0.1, -0.05) is 30.4 Å². The Morgan fingerprint density at radius 1 is 1.43 bits per heavy atom. The van der Waals surface area contributed by atoms with Crippen molar-refractivity contribution in [3.8, 4) is 5.75 Å². The number of hydrogen-bond donors (Lipinski definition) is 2. The minimum Gasteiger partial charge on any atom is -0.410 e. The van der Waals surface area contributed by atoms with Crippen molar-refractivity contribution in [2.24, 2.45) is 5.73 Å². The number of amides is 1. The Balaban J connectivity index is 2.38. The van der Waals surface area contributed by atoms with Gasteiger partial charge in [-0.3, -0.25) is 0 Å². The fourth-order valence-electron chi connectivity index (χ4n) is 0.791. The van der Waals surface area contributed by atoms with Crippen molar-refractivity contribution >= 4 is 23.3 Å². The number of thiocarbonyl (C=S) groups is 1. The second-order valence-electron chi connectivity index (χ2n) is 2.52. The molecule has 0 saturated carbocycles. The molecule has 0 fully saturated rings. The fraction of sp³-hybridized carbons (Fsp3) is 0.111. The molecule has 0 unspecified atom stereocenters. The lowest BCUT2D eigenvalue weighted by Crippen LogP contribution is -2.34. The van der Waals surface area contributed by atoms with Gasteiger partial charge in [0, 0.05) is 0 Å². The highest BCUT2D eigenvalue weighted by Gasteiger charge is 2.02. The molecule has 1 aromatic rings. The molecule has 0 heterocycles. The largest absolute Gasteiger partial charge is 0.412 e. The molecule has 5 heteroatoms. The van der Waals surface area contributed by atoms with Gasteiger partial charge >= 0.3 is 6.09 Å². The van der Waals surface area contributed by atoms with Gasteiger partial charge in [-0.05, 0) is 12.1 Å². The number of carbonyl (C=O) groups excluding carboxylic acids is 1. The number of ether oxygens (including phenoxy) is 1. The van der Waals surface area contributed by atoms with Crippen molar-refractivity contribution in [1.82, 2.24) is 5.32 Å². The van der Waals surface area contributed by atoms with Crippen LogP contribution in [-0.2, 0) is 0 Å². The van der Waals surface area contributed by atoms with Crippen LogP contribution < -0.4 is 15.8 Å². The van der Waals surface area contributed by atoms with E-state index in [9.17, 15) is 4.79 Å². The molecule has 0 aromatic heterocycles. The van der Waals surface area contributed by atoms with Crippen LogP contribution in [0, 0.1) is 0 Å². The Bertz CT molecular complexity index is 327.